The van der Waals surface area contributed by atoms with Crippen molar-refractivity contribution in [3.05, 3.63) is 48.0 Å². The van der Waals surface area contributed by atoms with Crippen LogP contribution >= 0.6 is 12.4 Å². The van der Waals surface area contributed by atoms with Crippen molar-refractivity contribution in [1.82, 2.24) is 14.7 Å². The maximum Gasteiger partial charge on any atom is 0.123 e. The van der Waals surface area contributed by atoms with Gasteiger partial charge in [0.2, 0.25) is 0 Å². The number of hydrogen-bond donors (Lipinski definition) is 1. The van der Waals surface area contributed by atoms with Crippen LogP contribution in [0.15, 0.2) is 36.7 Å². The van der Waals surface area contributed by atoms with E-state index in [1.807, 2.05) is 24.0 Å². The Balaban J connectivity index is 0.00000243. The molecule has 1 saturated heterocycles. The number of ether oxygens (including phenoxy) is 2. The number of aromatic nitrogens is 2. The molecule has 2 heterocycles. The Labute approximate surface area is 158 Å². The summed E-state index contributed by atoms with van der Waals surface area (Å²) in [5.74, 6) is 0.244. The van der Waals surface area contributed by atoms with Crippen LogP contribution in [0.1, 0.15) is 5.56 Å². The number of rotatable bonds is 7. The van der Waals surface area contributed by atoms with Gasteiger partial charge in [-0.2, -0.15) is 5.10 Å². The summed E-state index contributed by atoms with van der Waals surface area (Å²) < 4.78 is 26.0. The van der Waals surface area contributed by atoms with Gasteiger partial charge in [0, 0.05) is 25.8 Å². The number of β-amino-alcohol motifs (C(OH)–C–C–N with tert-alkyl or cyclic N) is 1. The number of benzene rings is 1. The topological polar surface area (TPSA) is 59.8 Å². The number of nitrogens with zero attached hydrogens (tertiary/aromatic N) is 3. The number of aliphatic hydroxyl groups is 1. The summed E-state index contributed by atoms with van der Waals surface area (Å²) in [6.45, 7) is 5.55. The minimum atomic E-state index is -0.615. The van der Waals surface area contributed by atoms with Gasteiger partial charge in [0.1, 0.15) is 24.3 Å². The first-order chi connectivity index (χ1) is 12.1. The predicted octanol–water partition coefficient (Wildman–Crippen LogP) is 1.89. The fourth-order valence-electron chi connectivity index (χ4n) is 2.91. The van der Waals surface area contributed by atoms with Crippen LogP contribution < -0.4 is 4.74 Å². The molecule has 6 nitrogen and oxygen atoms in total. The van der Waals surface area contributed by atoms with Crippen molar-refractivity contribution in [2.75, 3.05) is 32.8 Å². The van der Waals surface area contributed by atoms with Gasteiger partial charge in [0.05, 0.1) is 25.5 Å². The van der Waals surface area contributed by atoms with Gasteiger partial charge in [-0.15, -0.1) is 12.4 Å². The Bertz CT molecular complexity index is 668. The fraction of sp³-hybridized carbons (Fsp3) is 0.500. The van der Waals surface area contributed by atoms with Gasteiger partial charge < -0.3 is 14.6 Å². The second-order valence-electron chi connectivity index (χ2n) is 6.41. The van der Waals surface area contributed by atoms with E-state index >= 15 is 0 Å². The summed E-state index contributed by atoms with van der Waals surface area (Å²) in [5, 5.41) is 14.5. The van der Waals surface area contributed by atoms with Gasteiger partial charge in [-0.3, -0.25) is 9.58 Å². The van der Waals surface area contributed by atoms with Crippen LogP contribution in [0.3, 0.4) is 0 Å². The van der Waals surface area contributed by atoms with Crippen molar-refractivity contribution in [3.8, 4) is 5.75 Å². The molecular formula is C18H25ClFN3O3. The smallest absolute Gasteiger partial charge is 0.123 e. The highest BCUT2D eigenvalue weighted by Gasteiger charge is 2.23. The molecular weight excluding hydrogens is 361 g/mol. The molecule has 1 fully saturated rings. The lowest BCUT2D eigenvalue weighted by Gasteiger charge is -2.33. The lowest BCUT2D eigenvalue weighted by molar-refractivity contribution is -0.0517. The minimum Gasteiger partial charge on any atom is -0.491 e. The van der Waals surface area contributed by atoms with E-state index in [1.54, 1.807) is 12.1 Å². The molecule has 2 atom stereocenters. The number of morpholine rings is 1. The molecule has 144 valence electrons. The van der Waals surface area contributed by atoms with Gasteiger partial charge in [0.25, 0.3) is 0 Å². The van der Waals surface area contributed by atoms with E-state index in [-0.39, 0.29) is 30.9 Å². The summed E-state index contributed by atoms with van der Waals surface area (Å²) in [5.41, 5.74) is 1.13. The van der Waals surface area contributed by atoms with E-state index in [2.05, 4.69) is 10.00 Å². The van der Waals surface area contributed by atoms with E-state index in [0.29, 0.717) is 25.4 Å². The Morgan fingerprint density at radius 1 is 1.38 bits per heavy atom. The third-order valence-corrected chi connectivity index (χ3v) is 4.10. The minimum absolute atomic E-state index is 0. The highest BCUT2D eigenvalue weighted by atomic mass is 35.5. The zero-order valence-electron chi connectivity index (χ0n) is 14.8. The molecule has 2 aromatic rings. The third kappa shape index (κ3) is 6.25. The van der Waals surface area contributed by atoms with Gasteiger partial charge in [-0.1, -0.05) is 0 Å². The predicted molar refractivity (Wildman–Crippen MR) is 98.3 cm³/mol. The van der Waals surface area contributed by atoms with Crippen LogP contribution in [0.25, 0.3) is 0 Å². The monoisotopic (exact) mass is 385 g/mol. The first kappa shape index (κ1) is 20.6. The van der Waals surface area contributed by atoms with E-state index < -0.39 is 6.10 Å². The maximum atomic E-state index is 12.9. The SMILES string of the molecule is Cc1cnn(CC2CN(CC(O)COc3ccc(F)cc3)CCO2)c1.Cl. The zero-order chi connectivity index (χ0) is 17.6. The molecule has 1 aromatic heterocycles. The first-order valence-electron chi connectivity index (χ1n) is 8.48. The molecule has 26 heavy (non-hydrogen) atoms. The lowest BCUT2D eigenvalue weighted by atomic mass is 10.2. The normalized spacial score (nSPS) is 19.0. The highest BCUT2D eigenvalue weighted by Crippen LogP contribution is 2.12. The summed E-state index contributed by atoms with van der Waals surface area (Å²) in [7, 11) is 0. The Hall–Kier alpha value is -1.67. The zero-order valence-corrected chi connectivity index (χ0v) is 15.6. The highest BCUT2D eigenvalue weighted by molar-refractivity contribution is 5.85. The molecule has 8 heteroatoms. The van der Waals surface area contributed by atoms with E-state index in [0.717, 1.165) is 18.7 Å². The number of aryl methyl sites for hydroxylation is 1. The molecule has 0 spiro atoms. The van der Waals surface area contributed by atoms with Crippen LogP contribution in [0, 0.1) is 12.7 Å². The molecule has 1 N–H and O–H groups in total. The van der Waals surface area contributed by atoms with Crippen LogP contribution in [0.5, 0.6) is 5.75 Å². The summed E-state index contributed by atoms with van der Waals surface area (Å²) in [6, 6.07) is 5.79. The van der Waals surface area contributed by atoms with E-state index in [4.69, 9.17) is 9.47 Å². The van der Waals surface area contributed by atoms with Crippen LogP contribution in [-0.4, -0.2) is 64.8 Å². The summed E-state index contributed by atoms with van der Waals surface area (Å²) in [4.78, 5) is 2.17. The van der Waals surface area contributed by atoms with Crippen molar-refractivity contribution >= 4 is 12.4 Å². The Kier molecular flexibility index (Phi) is 7.84. The molecule has 2 unspecified atom stereocenters. The number of hydrogen-bond acceptors (Lipinski definition) is 5. The van der Waals surface area contributed by atoms with Crippen molar-refractivity contribution in [3.63, 3.8) is 0 Å². The van der Waals surface area contributed by atoms with Crippen LogP contribution in [-0.2, 0) is 11.3 Å². The average molecular weight is 386 g/mol. The van der Waals surface area contributed by atoms with Crippen LogP contribution in [0.2, 0.25) is 0 Å². The summed E-state index contributed by atoms with van der Waals surface area (Å²) >= 11 is 0. The lowest BCUT2D eigenvalue weighted by Crippen LogP contribution is -2.47. The van der Waals surface area contributed by atoms with Crippen molar-refractivity contribution < 1.29 is 19.0 Å². The largest absolute Gasteiger partial charge is 0.491 e. The molecule has 0 aliphatic carbocycles. The third-order valence-electron chi connectivity index (χ3n) is 4.10. The molecule has 1 aromatic carbocycles. The standard InChI is InChI=1S/C18H24FN3O3.ClH/c1-14-8-20-22(9-14)12-18-11-21(6-7-24-18)10-16(23)13-25-17-4-2-15(19)3-5-17;/h2-5,8-9,16,18,23H,6-7,10-13H2,1H3;1H. The first-order valence-corrected chi connectivity index (χ1v) is 8.48. The quantitative estimate of drug-likeness (QED) is 0.788. The fourth-order valence-corrected chi connectivity index (χ4v) is 2.91. The van der Waals surface area contributed by atoms with Gasteiger partial charge in [-0.25, -0.2) is 4.39 Å². The number of aliphatic hydroxyl groups excluding tert-OH is 1. The van der Waals surface area contributed by atoms with E-state index in [9.17, 15) is 9.50 Å². The molecule has 0 bridgehead atoms. The van der Waals surface area contributed by atoms with Crippen molar-refractivity contribution in [2.24, 2.45) is 0 Å². The Morgan fingerprint density at radius 3 is 2.85 bits per heavy atom. The molecule has 3 rings (SSSR count). The second-order valence-corrected chi connectivity index (χ2v) is 6.41. The average Bonchev–Trinajstić information content (AvgIpc) is 2.99. The molecule has 0 saturated carbocycles. The molecule has 0 radical (unpaired) electrons. The number of halogens is 2. The van der Waals surface area contributed by atoms with Gasteiger partial charge >= 0.3 is 0 Å². The van der Waals surface area contributed by atoms with Crippen molar-refractivity contribution in [2.45, 2.75) is 25.7 Å². The van der Waals surface area contributed by atoms with Crippen LogP contribution in [0.4, 0.5) is 4.39 Å². The molecule has 0 amide bonds. The second kappa shape index (κ2) is 9.87. The molecule has 1 aliphatic heterocycles. The summed E-state index contributed by atoms with van der Waals surface area (Å²) in [6.07, 6.45) is 3.26. The van der Waals surface area contributed by atoms with E-state index in [1.165, 1.54) is 12.1 Å². The maximum absolute atomic E-state index is 12.9. The van der Waals surface area contributed by atoms with Gasteiger partial charge in [0.15, 0.2) is 0 Å². The van der Waals surface area contributed by atoms with Gasteiger partial charge in [-0.05, 0) is 36.8 Å². The van der Waals surface area contributed by atoms with Crippen molar-refractivity contribution in [1.29, 1.82) is 0 Å². The molecule has 1 aliphatic rings. The Morgan fingerprint density at radius 2 is 2.15 bits per heavy atom.